The Hall–Kier alpha value is -3.55. The van der Waals surface area contributed by atoms with Crippen LogP contribution in [0.4, 0.5) is 0 Å². The summed E-state index contributed by atoms with van der Waals surface area (Å²) in [5.41, 5.74) is 6.10. The molecule has 34 heavy (non-hydrogen) atoms. The molecule has 0 fully saturated rings. The number of nitrogens with two attached hydrogens (primary N) is 1. The first-order valence-electron chi connectivity index (χ1n) is 10.3. The van der Waals surface area contributed by atoms with Crippen molar-refractivity contribution in [1.29, 1.82) is 0 Å². The lowest BCUT2D eigenvalue weighted by molar-refractivity contribution is -0.144. The van der Waals surface area contributed by atoms with Crippen LogP contribution in [-0.4, -0.2) is 86.5 Å². The molecule has 0 saturated heterocycles. The fraction of sp³-hybridized carbons (Fsp3) is 0.476. The number of rotatable bonds is 13. The number of aliphatic hydroxyl groups is 2. The molecule has 0 aliphatic carbocycles. The maximum atomic E-state index is 12.7. The van der Waals surface area contributed by atoms with Gasteiger partial charge < -0.3 is 42.1 Å². The minimum atomic E-state index is -1.72. The van der Waals surface area contributed by atoms with Crippen molar-refractivity contribution < 1.29 is 44.4 Å². The largest absolute Gasteiger partial charge is 0.481 e. The van der Waals surface area contributed by atoms with Gasteiger partial charge in [0.1, 0.15) is 24.2 Å². The molecule has 1 aromatic carbocycles. The van der Waals surface area contributed by atoms with Crippen LogP contribution in [0.15, 0.2) is 30.3 Å². The molecule has 3 amide bonds. The minimum absolute atomic E-state index is 0.0980. The number of carboxylic acid groups (broad SMARTS) is 2. The van der Waals surface area contributed by atoms with Gasteiger partial charge in [-0.25, -0.2) is 4.79 Å². The quantitative estimate of drug-likeness (QED) is 0.145. The maximum Gasteiger partial charge on any atom is 0.326 e. The molecule has 0 radical (unpaired) electrons. The van der Waals surface area contributed by atoms with Gasteiger partial charge in [0.05, 0.1) is 18.6 Å². The highest BCUT2D eigenvalue weighted by Crippen LogP contribution is 2.06. The lowest BCUT2D eigenvalue weighted by Gasteiger charge is -2.26. The van der Waals surface area contributed by atoms with E-state index in [0.29, 0.717) is 5.56 Å². The smallest absolute Gasteiger partial charge is 0.326 e. The van der Waals surface area contributed by atoms with Crippen LogP contribution in [0.25, 0.3) is 0 Å². The number of aliphatic carboxylic acids is 2. The summed E-state index contributed by atoms with van der Waals surface area (Å²) in [6.45, 7) is 2.40. The SMILES string of the molecule is CC(O)C(N)C(=O)NC(C(=O)NC(CC(=O)O)C(=O)NC(Cc1ccccc1)C(=O)O)C(C)O. The number of hydrogen-bond donors (Lipinski definition) is 8. The average molecular weight is 482 g/mol. The van der Waals surface area contributed by atoms with Gasteiger partial charge in [-0.2, -0.15) is 0 Å². The monoisotopic (exact) mass is 482 g/mol. The van der Waals surface area contributed by atoms with Crippen LogP contribution in [0.2, 0.25) is 0 Å². The second kappa shape index (κ2) is 13.2. The Labute approximate surface area is 195 Å². The fourth-order valence-electron chi connectivity index (χ4n) is 2.84. The molecule has 13 heteroatoms. The van der Waals surface area contributed by atoms with Gasteiger partial charge >= 0.3 is 11.9 Å². The van der Waals surface area contributed by atoms with Gasteiger partial charge in [-0.3, -0.25) is 19.2 Å². The molecule has 1 rings (SSSR count). The first-order valence-corrected chi connectivity index (χ1v) is 10.3. The molecule has 0 spiro atoms. The highest BCUT2D eigenvalue weighted by Gasteiger charge is 2.34. The fourth-order valence-corrected chi connectivity index (χ4v) is 2.84. The Morgan fingerprint density at radius 2 is 1.38 bits per heavy atom. The molecule has 0 aliphatic heterocycles. The summed E-state index contributed by atoms with van der Waals surface area (Å²) >= 11 is 0. The summed E-state index contributed by atoms with van der Waals surface area (Å²) in [5.74, 6) is -6.01. The Bertz CT molecular complexity index is 876. The van der Waals surface area contributed by atoms with E-state index in [4.69, 9.17) is 10.8 Å². The van der Waals surface area contributed by atoms with Crippen LogP contribution in [0, 0.1) is 0 Å². The van der Waals surface area contributed by atoms with Gasteiger partial charge in [0, 0.05) is 6.42 Å². The molecule has 9 N–H and O–H groups in total. The lowest BCUT2D eigenvalue weighted by Crippen LogP contribution is -2.61. The van der Waals surface area contributed by atoms with Crippen LogP contribution in [0.5, 0.6) is 0 Å². The zero-order chi connectivity index (χ0) is 26.0. The van der Waals surface area contributed by atoms with Crippen molar-refractivity contribution in [3.05, 3.63) is 35.9 Å². The van der Waals surface area contributed by atoms with Crippen LogP contribution in [0.3, 0.4) is 0 Å². The predicted octanol–water partition coefficient (Wildman–Crippen LogP) is -2.67. The number of hydrogen-bond acceptors (Lipinski definition) is 8. The van der Waals surface area contributed by atoms with E-state index in [1.807, 2.05) is 0 Å². The van der Waals surface area contributed by atoms with E-state index in [1.165, 1.54) is 6.92 Å². The Morgan fingerprint density at radius 1 is 0.824 bits per heavy atom. The van der Waals surface area contributed by atoms with Crippen molar-refractivity contribution in [3.63, 3.8) is 0 Å². The Kier molecular flexibility index (Phi) is 11.1. The zero-order valence-electron chi connectivity index (χ0n) is 18.7. The Balaban J connectivity index is 2.99. The zero-order valence-corrected chi connectivity index (χ0v) is 18.7. The topological polar surface area (TPSA) is 228 Å². The van der Waals surface area contributed by atoms with Crippen LogP contribution >= 0.6 is 0 Å². The van der Waals surface area contributed by atoms with E-state index in [1.54, 1.807) is 30.3 Å². The highest BCUT2D eigenvalue weighted by atomic mass is 16.4. The van der Waals surface area contributed by atoms with Crippen molar-refractivity contribution in [2.24, 2.45) is 5.73 Å². The first-order chi connectivity index (χ1) is 15.8. The number of carbonyl (C=O) groups is 5. The van der Waals surface area contributed by atoms with Crippen molar-refractivity contribution >= 4 is 29.7 Å². The molecule has 0 bridgehead atoms. The van der Waals surface area contributed by atoms with E-state index >= 15 is 0 Å². The Morgan fingerprint density at radius 3 is 1.85 bits per heavy atom. The van der Waals surface area contributed by atoms with Crippen molar-refractivity contribution in [3.8, 4) is 0 Å². The summed E-state index contributed by atoms with van der Waals surface area (Å²) in [7, 11) is 0. The third kappa shape index (κ3) is 9.13. The molecule has 6 unspecified atom stereocenters. The second-order valence-corrected chi connectivity index (χ2v) is 7.74. The third-order valence-electron chi connectivity index (χ3n) is 4.79. The number of aliphatic hydroxyl groups excluding tert-OH is 2. The van der Waals surface area contributed by atoms with Gasteiger partial charge in [-0.1, -0.05) is 30.3 Å². The van der Waals surface area contributed by atoms with Crippen LogP contribution in [0.1, 0.15) is 25.8 Å². The van der Waals surface area contributed by atoms with Gasteiger partial charge in [-0.05, 0) is 19.4 Å². The molecule has 6 atom stereocenters. The summed E-state index contributed by atoms with van der Waals surface area (Å²) in [6.07, 6.45) is -3.74. The van der Waals surface area contributed by atoms with E-state index in [9.17, 15) is 39.3 Å². The van der Waals surface area contributed by atoms with Gasteiger partial charge in [-0.15, -0.1) is 0 Å². The summed E-state index contributed by atoms with van der Waals surface area (Å²) in [5, 5.41) is 44.3. The molecular formula is C21H30N4O9. The number of benzene rings is 1. The molecule has 188 valence electrons. The van der Waals surface area contributed by atoms with Gasteiger partial charge in [0.25, 0.3) is 0 Å². The average Bonchev–Trinajstić information content (AvgIpc) is 2.75. The molecule has 0 saturated carbocycles. The number of carboxylic acids is 2. The van der Waals surface area contributed by atoms with Crippen molar-refractivity contribution in [2.75, 3.05) is 0 Å². The molecular weight excluding hydrogens is 452 g/mol. The molecule has 1 aromatic rings. The highest BCUT2D eigenvalue weighted by molar-refractivity contribution is 5.95. The third-order valence-corrected chi connectivity index (χ3v) is 4.79. The molecule has 0 aromatic heterocycles. The number of carbonyl (C=O) groups excluding carboxylic acids is 3. The van der Waals surface area contributed by atoms with Gasteiger partial charge in [0.2, 0.25) is 17.7 Å². The maximum absolute atomic E-state index is 12.7. The summed E-state index contributed by atoms with van der Waals surface area (Å²) in [4.78, 5) is 60.2. The minimum Gasteiger partial charge on any atom is -0.481 e. The van der Waals surface area contributed by atoms with E-state index < -0.39 is 72.5 Å². The summed E-state index contributed by atoms with van der Waals surface area (Å²) < 4.78 is 0. The van der Waals surface area contributed by atoms with E-state index in [0.717, 1.165) is 6.92 Å². The number of nitrogens with one attached hydrogen (secondary N) is 3. The standard InChI is InChI=1S/C21H30N4O9/c1-10(26)16(22)19(31)25-17(11(2)27)20(32)23-13(9-15(28)29)18(30)24-14(21(33)34)8-12-6-4-3-5-7-12/h3-7,10-11,13-14,16-17,26-27H,8-9,22H2,1-2H3,(H,23,32)(H,24,30)(H,25,31)(H,28,29)(H,33,34). The molecule has 0 aliphatic rings. The first kappa shape index (κ1) is 28.5. The van der Waals surface area contributed by atoms with Crippen molar-refractivity contribution in [2.45, 2.75) is 63.1 Å². The van der Waals surface area contributed by atoms with Crippen LogP contribution < -0.4 is 21.7 Å². The summed E-state index contributed by atoms with van der Waals surface area (Å²) in [6, 6.07) is 2.18. The van der Waals surface area contributed by atoms with E-state index in [2.05, 4.69) is 16.0 Å². The predicted molar refractivity (Wildman–Crippen MR) is 117 cm³/mol. The van der Waals surface area contributed by atoms with E-state index in [-0.39, 0.29) is 6.42 Å². The molecule has 0 heterocycles. The van der Waals surface area contributed by atoms with Gasteiger partial charge in [0.15, 0.2) is 0 Å². The lowest BCUT2D eigenvalue weighted by atomic mass is 10.0. The second-order valence-electron chi connectivity index (χ2n) is 7.74. The normalized spacial score (nSPS) is 16.1. The van der Waals surface area contributed by atoms with Crippen molar-refractivity contribution in [1.82, 2.24) is 16.0 Å². The molecule has 13 nitrogen and oxygen atoms in total. The number of amides is 3. The van der Waals surface area contributed by atoms with Crippen LogP contribution in [-0.2, 0) is 30.4 Å².